The monoisotopic (exact) mass is 484 g/mol. The zero-order valence-corrected chi connectivity index (χ0v) is 20.0. The second-order valence-corrected chi connectivity index (χ2v) is 9.16. The van der Waals surface area contributed by atoms with E-state index in [1.165, 1.54) is 18.2 Å². The highest BCUT2D eigenvalue weighted by atomic mass is 35.5. The summed E-state index contributed by atoms with van der Waals surface area (Å²) in [7, 11) is -3.85. The number of nitrogens with one attached hydrogen (secondary N) is 2. The Morgan fingerprint density at radius 1 is 1.09 bits per heavy atom. The van der Waals surface area contributed by atoms with Crippen molar-refractivity contribution < 1.29 is 27.4 Å². The van der Waals surface area contributed by atoms with Crippen molar-refractivity contribution in [1.29, 1.82) is 0 Å². The van der Waals surface area contributed by atoms with Crippen LogP contribution in [-0.2, 0) is 19.6 Å². The van der Waals surface area contributed by atoms with Gasteiger partial charge in [-0.05, 0) is 69.7 Å². The molecule has 0 aliphatic carbocycles. The van der Waals surface area contributed by atoms with Crippen LogP contribution in [0.15, 0.2) is 47.4 Å². The average Bonchev–Trinajstić information content (AvgIpc) is 2.73. The van der Waals surface area contributed by atoms with Crippen molar-refractivity contribution in [3.8, 4) is 11.5 Å². The number of amides is 1. The topological polar surface area (TPSA) is 103 Å². The molecule has 0 radical (unpaired) electrons. The van der Waals surface area contributed by atoms with Gasteiger partial charge in [-0.15, -0.1) is 0 Å². The molecule has 1 amide bonds. The van der Waals surface area contributed by atoms with Crippen LogP contribution in [0.25, 0.3) is 0 Å². The van der Waals surface area contributed by atoms with Gasteiger partial charge in [0.25, 0.3) is 15.9 Å². The Balaban J connectivity index is 1.89. The summed E-state index contributed by atoms with van der Waals surface area (Å²) in [6.07, 6.45) is 0.845. The Hall–Kier alpha value is -2.49. The number of ether oxygens (including phenoxy) is 3. The number of carbonyl (C=O) groups is 1. The molecule has 0 aromatic heterocycles. The van der Waals surface area contributed by atoms with Crippen LogP contribution in [0.3, 0.4) is 0 Å². The number of rotatable bonds is 13. The lowest BCUT2D eigenvalue weighted by atomic mass is 10.3. The van der Waals surface area contributed by atoms with E-state index in [0.29, 0.717) is 37.6 Å². The Morgan fingerprint density at radius 2 is 1.81 bits per heavy atom. The van der Waals surface area contributed by atoms with Crippen LogP contribution in [0.5, 0.6) is 11.5 Å². The van der Waals surface area contributed by atoms with Gasteiger partial charge in [-0.2, -0.15) is 0 Å². The van der Waals surface area contributed by atoms with Gasteiger partial charge in [-0.1, -0.05) is 11.6 Å². The molecule has 8 nitrogen and oxygen atoms in total. The molecule has 0 fully saturated rings. The summed E-state index contributed by atoms with van der Waals surface area (Å²) in [5.41, 5.74) is 0.389. The van der Waals surface area contributed by atoms with Gasteiger partial charge in [-0.3, -0.25) is 9.52 Å². The standard InChI is InChI=1S/C22H29ClN2O6S/c1-4-29-18-8-6-17(7-9-18)25-32(27,28)19-10-11-21(20(23)14-19)31-15-22(26)24-12-5-13-30-16(2)3/h6-11,14,16,25H,4-5,12-13,15H2,1-3H3,(H,24,26). The zero-order chi connectivity index (χ0) is 23.6. The highest BCUT2D eigenvalue weighted by molar-refractivity contribution is 7.92. The maximum Gasteiger partial charge on any atom is 0.261 e. The summed E-state index contributed by atoms with van der Waals surface area (Å²) in [6, 6.07) is 10.6. The summed E-state index contributed by atoms with van der Waals surface area (Å²) in [4.78, 5) is 11.9. The van der Waals surface area contributed by atoms with Crippen molar-refractivity contribution in [1.82, 2.24) is 5.32 Å². The van der Waals surface area contributed by atoms with E-state index in [-0.39, 0.29) is 34.3 Å². The lowest BCUT2D eigenvalue weighted by Gasteiger charge is -2.12. The van der Waals surface area contributed by atoms with Crippen LogP contribution in [0.4, 0.5) is 5.69 Å². The van der Waals surface area contributed by atoms with Gasteiger partial charge in [0, 0.05) is 18.8 Å². The number of anilines is 1. The third-order valence-corrected chi connectivity index (χ3v) is 5.76. The van der Waals surface area contributed by atoms with Crippen LogP contribution in [0, 0.1) is 0 Å². The normalized spacial score (nSPS) is 11.3. The first-order valence-electron chi connectivity index (χ1n) is 10.3. The van der Waals surface area contributed by atoms with Crippen molar-refractivity contribution >= 4 is 33.2 Å². The van der Waals surface area contributed by atoms with Crippen molar-refractivity contribution in [2.24, 2.45) is 0 Å². The Morgan fingerprint density at radius 3 is 2.44 bits per heavy atom. The van der Waals surface area contributed by atoms with Crippen LogP contribution in [0.2, 0.25) is 5.02 Å². The highest BCUT2D eigenvalue weighted by Gasteiger charge is 2.17. The second-order valence-electron chi connectivity index (χ2n) is 7.07. The van der Waals surface area contributed by atoms with Crippen molar-refractivity contribution in [3.63, 3.8) is 0 Å². The molecular formula is C22H29ClN2O6S. The lowest BCUT2D eigenvalue weighted by Crippen LogP contribution is -2.30. The Bertz CT molecular complexity index is 980. The predicted molar refractivity (Wildman–Crippen MR) is 124 cm³/mol. The molecule has 0 heterocycles. The summed E-state index contributed by atoms with van der Waals surface area (Å²) < 4.78 is 43.9. The fourth-order valence-electron chi connectivity index (χ4n) is 2.58. The quantitative estimate of drug-likeness (QED) is 0.418. The summed E-state index contributed by atoms with van der Waals surface area (Å²) in [6.45, 7) is 7.08. The molecule has 2 aromatic rings. The minimum atomic E-state index is -3.85. The number of sulfonamides is 1. The molecule has 176 valence electrons. The molecule has 32 heavy (non-hydrogen) atoms. The van der Waals surface area contributed by atoms with Gasteiger partial charge >= 0.3 is 0 Å². The minimum Gasteiger partial charge on any atom is -0.494 e. The molecule has 10 heteroatoms. The summed E-state index contributed by atoms with van der Waals surface area (Å²) in [5.74, 6) is 0.553. The van der Waals surface area contributed by atoms with Gasteiger partial charge in [0.1, 0.15) is 11.5 Å². The van der Waals surface area contributed by atoms with Gasteiger partial charge < -0.3 is 19.5 Å². The van der Waals surface area contributed by atoms with E-state index in [9.17, 15) is 13.2 Å². The average molecular weight is 485 g/mol. The van der Waals surface area contributed by atoms with Crippen molar-refractivity contribution in [2.45, 2.75) is 38.2 Å². The van der Waals surface area contributed by atoms with Crippen molar-refractivity contribution in [2.75, 3.05) is 31.1 Å². The Kier molecular flexibility index (Phi) is 10.1. The smallest absolute Gasteiger partial charge is 0.261 e. The van der Waals surface area contributed by atoms with Crippen LogP contribution >= 0.6 is 11.6 Å². The molecule has 0 unspecified atom stereocenters. The SMILES string of the molecule is CCOc1ccc(NS(=O)(=O)c2ccc(OCC(=O)NCCCOC(C)C)c(Cl)c2)cc1. The number of benzene rings is 2. The molecule has 2 N–H and O–H groups in total. The van der Waals surface area contributed by atoms with Crippen LogP contribution in [0.1, 0.15) is 27.2 Å². The number of hydrogen-bond acceptors (Lipinski definition) is 6. The van der Waals surface area contributed by atoms with Crippen LogP contribution in [-0.4, -0.2) is 46.8 Å². The van der Waals surface area contributed by atoms with E-state index >= 15 is 0 Å². The van der Waals surface area contributed by atoms with E-state index in [2.05, 4.69) is 10.0 Å². The molecule has 2 aromatic carbocycles. The fraction of sp³-hybridized carbons (Fsp3) is 0.409. The molecule has 0 saturated heterocycles. The second kappa shape index (κ2) is 12.5. The minimum absolute atomic E-state index is 0.0293. The van der Waals surface area contributed by atoms with E-state index < -0.39 is 10.0 Å². The Labute approximate surface area is 194 Å². The molecule has 0 atom stereocenters. The van der Waals surface area contributed by atoms with Crippen molar-refractivity contribution in [3.05, 3.63) is 47.5 Å². The first-order chi connectivity index (χ1) is 15.2. The van der Waals surface area contributed by atoms with Gasteiger partial charge in [0.2, 0.25) is 0 Å². The van der Waals surface area contributed by atoms with E-state index in [0.717, 1.165) is 0 Å². The third kappa shape index (κ3) is 8.57. The maximum absolute atomic E-state index is 12.6. The molecule has 0 aliphatic rings. The lowest BCUT2D eigenvalue weighted by molar-refractivity contribution is -0.123. The molecule has 2 rings (SSSR count). The summed E-state index contributed by atoms with van der Waals surface area (Å²) in [5, 5.41) is 2.80. The molecule has 0 spiro atoms. The number of hydrogen-bond donors (Lipinski definition) is 2. The number of carbonyl (C=O) groups excluding carboxylic acids is 1. The maximum atomic E-state index is 12.6. The molecule has 0 saturated carbocycles. The largest absolute Gasteiger partial charge is 0.494 e. The first-order valence-corrected chi connectivity index (χ1v) is 12.1. The molecule has 0 aliphatic heterocycles. The van der Waals surface area contributed by atoms with Gasteiger partial charge in [0.15, 0.2) is 6.61 Å². The molecular weight excluding hydrogens is 456 g/mol. The first kappa shape index (κ1) is 25.8. The van der Waals surface area contributed by atoms with Gasteiger partial charge in [-0.25, -0.2) is 8.42 Å². The highest BCUT2D eigenvalue weighted by Crippen LogP contribution is 2.28. The predicted octanol–water partition coefficient (Wildman–Crippen LogP) is 3.85. The van der Waals surface area contributed by atoms with Gasteiger partial charge in [0.05, 0.1) is 22.6 Å². The van der Waals surface area contributed by atoms with Crippen LogP contribution < -0.4 is 19.5 Å². The van der Waals surface area contributed by atoms with E-state index in [1.807, 2.05) is 20.8 Å². The third-order valence-electron chi connectivity index (χ3n) is 4.08. The molecule has 0 bridgehead atoms. The zero-order valence-electron chi connectivity index (χ0n) is 18.4. The summed E-state index contributed by atoms with van der Waals surface area (Å²) >= 11 is 6.17. The van der Waals surface area contributed by atoms with E-state index in [1.54, 1.807) is 24.3 Å². The van der Waals surface area contributed by atoms with E-state index in [4.69, 9.17) is 25.8 Å². The number of halogens is 1. The fourth-order valence-corrected chi connectivity index (χ4v) is 3.96.